The minimum absolute atomic E-state index is 0.00824. The summed E-state index contributed by atoms with van der Waals surface area (Å²) in [5, 5.41) is 29.8. The molecule has 1 heterocycles. The van der Waals surface area contributed by atoms with Crippen LogP contribution in [0.5, 0.6) is 0 Å². The summed E-state index contributed by atoms with van der Waals surface area (Å²) in [6.45, 7) is 3.80. The van der Waals surface area contributed by atoms with Crippen molar-refractivity contribution in [3.05, 3.63) is 40.8 Å². The zero-order chi connectivity index (χ0) is 24.7. The lowest BCUT2D eigenvalue weighted by Crippen LogP contribution is -2.31. The lowest BCUT2D eigenvalue weighted by molar-refractivity contribution is -0.139. The molecular formula is C22H28FN3O6S. The third kappa shape index (κ3) is 5.31. The van der Waals surface area contributed by atoms with Crippen molar-refractivity contribution in [1.29, 1.82) is 0 Å². The van der Waals surface area contributed by atoms with E-state index >= 15 is 0 Å². The number of rotatable bonds is 8. The first-order valence-corrected chi connectivity index (χ1v) is 12.4. The molecular weight excluding hydrogens is 453 g/mol. The van der Waals surface area contributed by atoms with Crippen LogP contribution in [0.2, 0.25) is 0 Å². The van der Waals surface area contributed by atoms with Crippen molar-refractivity contribution in [2.24, 2.45) is 0 Å². The molecule has 1 aliphatic rings. The Kier molecular flexibility index (Phi) is 7.06. The molecule has 3 N–H and O–H groups in total. The topological polar surface area (TPSA) is 141 Å². The zero-order valence-corrected chi connectivity index (χ0v) is 19.7. The van der Waals surface area contributed by atoms with Gasteiger partial charge in [0.05, 0.1) is 36.3 Å². The van der Waals surface area contributed by atoms with Gasteiger partial charge in [0.2, 0.25) is 16.0 Å². The first-order valence-electron chi connectivity index (χ1n) is 10.5. The number of aliphatic carboxylic acids is 1. The predicted octanol–water partition coefficient (Wildman–Crippen LogP) is 2.03. The Morgan fingerprint density at radius 2 is 1.94 bits per heavy atom. The van der Waals surface area contributed by atoms with Gasteiger partial charge in [-0.15, -0.1) is 0 Å². The fourth-order valence-electron chi connectivity index (χ4n) is 4.14. The van der Waals surface area contributed by atoms with Crippen molar-refractivity contribution >= 4 is 21.9 Å². The lowest BCUT2D eigenvalue weighted by atomic mass is 9.75. The van der Waals surface area contributed by atoms with E-state index in [9.17, 15) is 27.8 Å². The van der Waals surface area contributed by atoms with Crippen LogP contribution >= 0.6 is 0 Å². The van der Waals surface area contributed by atoms with Crippen molar-refractivity contribution in [1.82, 2.24) is 9.97 Å². The Morgan fingerprint density at radius 3 is 2.52 bits per heavy atom. The molecule has 0 radical (unpaired) electrons. The predicted molar refractivity (Wildman–Crippen MR) is 120 cm³/mol. The van der Waals surface area contributed by atoms with Gasteiger partial charge in [0, 0.05) is 30.5 Å². The van der Waals surface area contributed by atoms with Gasteiger partial charge in [-0.3, -0.25) is 4.79 Å². The summed E-state index contributed by atoms with van der Waals surface area (Å²) >= 11 is 0. The molecule has 9 nitrogen and oxygen atoms in total. The third-order valence-corrected chi connectivity index (χ3v) is 6.99. The summed E-state index contributed by atoms with van der Waals surface area (Å²) in [6.07, 6.45) is -1.85. The summed E-state index contributed by atoms with van der Waals surface area (Å²) in [7, 11) is -2.27. The van der Waals surface area contributed by atoms with E-state index in [1.54, 1.807) is 0 Å². The van der Waals surface area contributed by atoms with Crippen molar-refractivity contribution in [3.8, 4) is 11.3 Å². The summed E-state index contributed by atoms with van der Waals surface area (Å²) in [6, 6.07) is 4.07. The van der Waals surface area contributed by atoms with Gasteiger partial charge in [-0.05, 0) is 36.1 Å². The van der Waals surface area contributed by atoms with E-state index in [0.717, 1.165) is 10.6 Å². The number of aromatic nitrogens is 2. The number of carboxylic acid groups (broad SMARTS) is 1. The SMILES string of the molecule is CC(C)c1nc(N(C)S(C)(=O)=O)nc2c1C[C@H]([C@H](O)C[C@H](O)CC(=O)O)c1cc(F)ccc1-2. The smallest absolute Gasteiger partial charge is 0.305 e. The Labute approximate surface area is 192 Å². The number of aliphatic hydroxyl groups is 2. The van der Waals surface area contributed by atoms with Crippen molar-refractivity contribution in [2.45, 2.75) is 57.2 Å². The molecule has 0 saturated carbocycles. The van der Waals surface area contributed by atoms with Crippen molar-refractivity contribution in [3.63, 3.8) is 0 Å². The summed E-state index contributed by atoms with van der Waals surface area (Å²) in [5.74, 6) is -2.46. The zero-order valence-electron chi connectivity index (χ0n) is 18.9. The number of hydrogen-bond donors (Lipinski definition) is 3. The lowest BCUT2D eigenvalue weighted by Gasteiger charge is -2.33. The Morgan fingerprint density at radius 1 is 1.27 bits per heavy atom. The average Bonchev–Trinajstić information content (AvgIpc) is 2.69. The fourth-order valence-corrected chi connectivity index (χ4v) is 4.52. The van der Waals surface area contributed by atoms with Crippen LogP contribution < -0.4 is 4.31 Å². The van der Waals surface area contributed by atoms with Crippen LogP contribution in [0.25, 0.3) is 11.3 Å². The number of fused-ring (bicyclic) bond motifs is 3. The third-order valence-electron chi connectivity index (χ3n) is 5.83. The highest BCUT2D eigenvalue weighted by Gasteiger charge is 2.35. The largest absolute Gasteiger partial charge is 0.481 e. The number of sulfonamides is 1. The minimum atomic E-state index is -3.62. The van der Waals surface area contributed by atoms with Crippen molar-refractivity contribution in [2.75, 3.05) is 17.6 Å². The molecule has 11 heteroatoms. The number of halogens is 1. The Balaban J connectivity index is 2.15. The molecule has 33 heavy (non-hydrogen) atoms. The minimum Gasteiger partial charge on any atom is -0.481 e. The molecule has 0 spiro atoms. The molecule has 0 aliphatic heterocycles. The van der Waals surface area contributed by atoms with E-state index in [4.69, 9.17) is 5.11 Å². The van der Waals surface area contributed by atoms with Crippen molar-refractivity contribution < 1.29 is 32.9 Å². The summed E-state index contributed by atoms with van der Waals surface area (Å²) in [4.78, 5) is 19.9. The second-order valence-corrected chi connectivity index (χ2v) is 10.7. The van der Waals surface area contributed by atoms with E-state index in [1.165, 1.54) is 25.2 Å². The van der Waals surface area contributed by atoms with Crippen LogP contribution in [0.1, 0.15) is 55.3 Å². The number of nitrogens with zero attached hydrogens (tertiary/aromatic N) is 3. The van der Waals surface area contributed by atoms with Crippen LogP contribution in [0, 0.1) is 5.82 Å². The van der Waals surface area contributed by atoms with E-state index in [0.29, 0.717) is 28.1 Å². The van der Waals surface area contributed by atoms with E-state index in [1.807, 2.05) is 13.8 Å². The molecule has 0 bridgehead atoms. The Bertz CT molecular complexity index is 1170. The molecule has 1 aromatic heterocycles. The van der Waals surface area contributed by atoms with Gasteiger partial charge >= 0.3 is 5.97 Å². The van der Waals surface area contributed by atoms with Gasteiger partial charge in [0.1, 0.15) is 5.82 Å². The van der Waals surface area contributed by atoms with E-state index in [2.05, 4.69) is 9.97 Å². The van der Waals surface area contributed by atoms with Crippen LogP contribution in [0.3, 0.4) is 0 Å². The number of carbonyl (C=O) groups is 1. The Hall–Kier alpha value is -2.63. The molecule has 0 fully saturated rings. The van der Waals surface area contributed by atoms with E-state index < -0.39 is 46.4 Å². The van der Waals surface area contributed by atoms with Gasteiger partial charge in [-0.25, -0.2) is 27.1 Å². The molecule has 1 aromatic carbocycles. The van der Waals surface area contributed by atoms with Crippen LogP contribution in [0.15, 0.2) is 18.2 Å². The molecule has 180 valence electrons. The standard InChI is InChI=1S/C22H28FN3O6S/c1-11(2)20-17-10-16(18(28)8-13(27)9-19(29)30)15-7-12(23)5-6-14(15)21(17)25-22(24-20)26(3)33(4,31)32/h5-7,11,13,16,18,27-28H,8-10H2,1-4H3,(H,29,30)/t13-,16-,18+/m0/s1. The first kappa shape index (κ1) is 25.0. The highest BCUT2D eigenvalue weighted by Crippen LogP contribution is 2.44. The molecule has 2 aromatic rings. The second kappa shape index (κ2) is 9.32. The molecule has 3 atom stereocenters. The van der Waals surface area contributed by atoms with E-state index in [-0.39, 0.29) is 24.7 Å². The van der Waals surface area contributed by atoms with Gasteiger partial charge < -0.3 is 15.3 Å². The van der Waals surface area contributed by atoms with Gasteiger partial charge in [0.15, 0.2) is 0 Å². The molecule has 3 rings (SSSR count). The monoisotopic (exact) mass is 481 g/mol. The number of carboxylic acids is 1. The maximum Gasteiger partial charge on any atom is 0.305 e. The highest BCUT2D eigenvalue weighted by atomic mass is 32.2. The number of benzene rings is 1. The van der Waals surface area contributed by atoms with Crippen LogP contribution in [-0.4, -0.2) is 65.2 Å². The van der Waals surface area contributed by atoms with Crippen LogP contribution in [-0.2, 0) is 21.2 Å². The average molecular weight is 482 g/mol. The fraction of sp³-hybridized carbons (Fsp3) is 0.500. The number of aliphatic hydroxyl groups excluding tert-OH is 2. The quantitative estimate of drug-likeness (QED) is 0.520. The molecule has 0 saturated heterocycles. The second-order valence-electron chi connectivity index (χ2n) is 8.72. The molecule has 0 unspecified atom stereocenters. The molecule has 1 aliphatic carbocycles. The normalized spacial score (nSPS) is 17.3. The molecule has 0 amide bonds. The van der Waals surface area contributed by atoms with Gasteiger partial charge in [0.25, 0.3) is 0 Å². The number of anilines is 1. The maximum atomic E-state index is 14.2. The number of hydrogen-bond acceptors (Lipinski definition) is 7. The maximum absolute atomic E-state index is 14.2. The van der Waals surface area contributed by atoms with Crippen LogP contribution in [0.4, 0.5) is 10.3 Å². The highest BCUT2D eigenvalue weighted by molar-refractivity contribution is 7.92. The van der Waals surface area contributed by atoms with Gasteiger partial charge in [-0.2, -0.15) is 0 Å². The summed E-state index contributed by atoms with van der Waals surface area (Å²) in [5.41, 5.74) is 2.75. The summed E-state index contributed by atoms with van der Waals surface area (Å²) < 4.78 is 39.3. The van der Waals surface area contributed by atoms with Gasteiger partial charge in [-0.1, -0.05) is 13.8 Å². The first-order chi connectivity index (χ1) is 15.3.